The standard InChI is InChI=1S/C20H19N3O3/c24-12-16-18(25)7-2-8-19(16)26-13-14-4-3-10-21-20(14)17-9-11-22-23(17)15-5-1-6-15/h2-4,7-12,15,25H,1,5-6,13H2. The zero-order valence-corrected chi connectivity index (χ0v) is 14.2. The molecule has 26 heavy (non-hydrogen) atoms. The smallest absolute Gasteiger partial charge is 0.157 e. The van der Waals surface area contributed by atoms with Crippen LogP contribution in [0.25, 0.3) is 11.4 Å². The number of pyridine rings is 1. The van der Waals surface area contributed by atoms with Crippen LogP contribution >= 0.6 is 0 Å². The number of ether oxygens (including phenoxy) is 1. The molecule has 2 heterocycles. The van der Waals surface area contributed by atoms with Gasteiger partial charge in [0.25, 0.3) is 0 Å². The lowest BCUT2D eigenvalue weighted by molar-refractivity contribution is 0.111. The van der Waals surface area contributed by atoms with Crippen molar-refractivity contribution < 1.29 is 14.6 Å². The second-order valence-electron chi connectivity index (χ2n) is 6.35. The summed E-state index contributed by atoms with van der Waals surface area (Å²) in [7, 11) is 0. The number of aromatic hydroxyl groups is 1. The Kier molecular flexibility index (Phi) is 4.39. The average Bonchev–Trinajstić information content (AvgIpc) is 3.07. The molecule has 0 bridgehead atoms. The topological polar surface area (TPSA) is 77.2 Å². The fourth-order valence-electron chi connectivity index (χ4n) is 3.14. The zero-order chi connectivity index (χ0) is 17.9. The molecule has 1 aliphatic carbocycles. The minimum absolute atomic E-state index is 0.0908. The first kappa shape index (κ1) is 16.3. The third-order valence-electron chi connectivity index (χ3n) is 4.77. The van der Waals surface area contributed by atoms with Gasteiger partial charge in [-0.1, -0.05) is 12.1 Å². The first-order valence-corrected chi connectivity index (χ1v) is 8.65. The fourth-order valence-corrected chi connectivity index (χ4v) is 3.14. The summed E-state index contributed by atoms with van der Waals surface area (Å²) in [5, 5.41) is 14.3. The molecule has 6 heteroatoms. The van der Waals surface area contributed by atoms with Crippen molar-refractivity contribution >= 4 is 6.29 Å². The number of phenols is 1. The number of nitrogens with zero attached hydrogens (tertiary/aromatic N) is 3. The summed E-state index contributed by atoms with van der Waals surface area (Å²) in [6.45, 7) is 0.239. The summed E-state index contributed by atoms with van der Waals surface area (Å²) in [6.07, 6.45) is 7.65. The van der Waals surface area contributed by atoms with Crippen molar-refractivity contribution in [1.29, 1.82) is 0 Å². The molecule has 132 valence electrons. The Morgan fingerprint density at radius 3 is 2.85 bits per heavy atom. The molecule has 1 aromatic carbocycles. The SMILES string of the molecule is O=Cc1c(O)cccc1OCc1cccnc1-c1ccnn1C1CCC1. The molecule has 0 spiro atoms. The molecule has 0 saturated heterocycles. The minimum Gasteiger partial charge on any atom is -0.507 e. The highest BCUT2D eigenvalue weighted by Crippen LogP contribution is 2.35. The van der Waals surface area contributed by atoms with Gasteiger partial charge in [0.15, 0.2) is 6.29 Å². The van der Waals surface area contributed by atoms with E-state index in [0.29, 0.717) is 18.1 Å². The quantitative estimate of drug-likeness (QED) is 0.686. The molecular formula is C20H19N3O3. The van der Waals surface area contributed by atoms with Crippen LogP contribution in [0, 0.1) is 0 Å². The molecule has 0 unspecified atom stereocenters. The Balaban J connectivity index is 1.62. The third-order valence-corrected chi connectivity index (χ3v) is 4.77. The van der Waals surface area contributed by atoms with Crippen LogP contribution in [0.1, 0.15) is 41.2 Å². The molecule has 6 nitrogen and oxygen atoms in total. The fraction of sp³-hybridized carbons (Fsp3) is 0.250. The molecule has 1 fully saturated rings. The summed E-state index contributed by atoms with van der Waals surface area (Å²) in [4.78, 5) is 15.7. The van der Waals surface area contributed by atoms with Crippen LogP contribution in [0.15, 0.2) is 48.8 Å². The largest absolute Gasteiger partial charge is 0.507 e. The lowest BCUT2D eigenvalue weighted by atomic mass is 9.93. The van der Waals surface area contributed by atoms with E-state index in [0.717, 1.165) is 29.8 Å². The van der Waals surface area contributed by atoms with Crippen LogP contribution in [0.3, 0.4) is 0 Å². The Hall–Kier alpha value is -3.15. The number of aldehydes is 1. The molecule has 3 aromatic rings. The van der Waals surface area contributed by atoms with Gasteiger partial charge < -0.3 is 9.84 Å². The summed E-state index contributed by atoms with van der Waals surface area (Å²) < 4.78 is 7.86. The predicted octanol–water partition coefficient (Wildman–Crippen LogP) is 3.77. The van der Waals surface area contributed by atoms with Crippen molar-refractivity contribution in [3.8, 4) is 22.9 Å². The lowest BCUT2D eigenvalue weighted by Crippen LogP contribution is -2.19. The van der Waals surface area contributed by atoms with E-state index in [1.807, 2.05) is 22.9 Å². The van der Waals surface area contributed by atoms with E-state index in [4.69, 9.17) is 4.74 Å². The summed E-state index contributed by atoms with van der Waals surface area (Å²) in [6, 6.07) is 11.0. The Morgan fingerprint density at radius 1 is 1.19 bits per heavy atom. The molecule has 1 aliphatic rings. The van der Waals surface area contributed by atoms with E-state index in [1.54, 1.807) is 24.5 Å². The van der Waals surface area contributed by atoms with E-state index in [1.165, 1.54) is 12.5 Å². The second kappa shape index (κ2) is 7.00. The number of aromatic nitrogens is 3. The van der Waals surface area contributed by atoms with Crippen molar-refractivity contribution in [3.05, 3.63) is 59.9 Å². The molecule has 2 aromatic heterocycles. The number of carbonyl (C=O) groups excluding carboxylic acids is 1. The number of carbonyl (C=O) groups is 1. The average molecular weight is 349 g/mol. The number of benzene rings is 1. The van der Waals surface area contributed by atoms with Gasteiger partial charge in [0, 0.05) is 18.0 Å². The maximum atomic E-state index is 11.2. The molecule has 0 aliphatic heterocycles. The minimum atomic E-state index is -0.0908. The first-order valence-electron chi connectivity index (χ1n) is 8.65. The Morgan fingerprint density at radius 2 is 2.08 bits per heavy atom. The van der Waals surface area contributed by atoms with Gasteiger partial charge in [-0.3, -0.25) is 14.5 Å². The molecule has 0 amide bonds. The summed E-state index contributed by atoms with van der Waals surface area (Å²) >= 11 is 0. The van der Waals surface area contributed by atoms with Gasteiger partial charge in [0.1, 0.15) is 18.1 Å². The maximum absolute atomic E-state index is 11.2. The van der Waals surface area contributed by atoms with Crippen LogP contribution in [0.4, 0.5) is 0 Å². The maximum Gasteiger partial charge on any atom is 0.157 e. The second-order valence-corrected chi connectivity index (χ2v) is 6.35. The molecule has 1 N–H and O–H groups in total. The summed E-state index contributed by atoms with van der Waals surface area (Å²) in [5.74, 6) is 0.259. The van der Waals surface area contributed by atoms with Gasteiger partial charge >= 0.3 is 0 Å². The summed E-state index contributed by atoms with van der Waals surface area (Å²) in [5.41, 5.74) is 2.84. The number of rotatable bonds is 6. The first-order chi connectivity index (χ1) is 12.8. The van der Waals surface area contributed by atoms with Crippen molar-refractivity contribution in [3.63, 3.8) is 0 Å². The highest BCUT2D eigenvalue weighted by Gasteiger charge is 2.24. The Bertz CT molecular complexity index is 932. The molecule has 0 radical (unpaired) electrons. The van der Waals surface area contributed by atoms with Crippen LogP contribution in [-0.2, 0) is 6.61 Å². The van der Waals surface area contributed by atoms with Crippen LogP contribution in [-0.4, -0.2) is 26.2 Å². The number of phenolic OH excluding ortho intramolecular Hbond substituents is 1. The molecule has 4 rings (SSSR count). The monoisotopic (exact) mass is 349 g/mol. The van der Waals surface area contributed by atoms with E-state index < -0.39 is 0 Å². The predicted molar refractivity (Wildman–Crippen MR) is 96.2 cm³/mol. The Labute approximate surface area is 151 Å². The molecular weight excluding hydrogens is 330 g/mol. The highest BCUT2D eigenvalue weighted by atomic mass is 16.5. The van der Waals surface area contributed by atoms with Gasteiger partial charge in [0.2, 0.25) is 0 Å². The van der Waals surface area contributed by atoms with Crippen LogP contribution < -0.4 is 4.74 Å². The van der Waals surface area contributed by atoms with Crippen molar-refractivity contribution in [2.75, 3.05) is 0 Å². The normalized spacial score (nSPS) is 14.0. The number of hydrogen-bond donors (Lipinski definition) is 1. The number of hydrogen-bond acceptors (Lipinski definition) is 5. The van der Waals surface area contributed by atoms with Crippen molar-refractivity contribution in [2.24, 2.45) is 0 Å². The molecule has 1 saturated carbocycles. The lowest BCUT2D eigenvalue weighted by Gasteiger charge is -2.27. The molecule has 0 atom stereocenters. The van der Waals surface area contributed by atoms with Gasteiger partial charge in [-0.25, -0.2) is 0 Å². The van der Waals surface area contributed by atoms with E-state index in [2.05, 4.69) is 10.1 Å². The zero-order valence-electron chi connectivity index (χ0n) is 14.2. The van der Waals surface area contributed by atoms with E-state index in [9.17, 15) is 9.90 Å². The van der Waals surface area contributed by atoms with Crippen molar-refractivity contribution in [2.45, 2.75) is 31.9 Å². The van der Waals surface area contributed by atoms with Gasteiger partial charge in [-0.05, 0) is 43.5 Å². The van der Waals surface area contributed by atoms with Crippen molar-refractivity contribution in [1.82, 2.24) is 14.8 Å². The van der Waals surface area contributed by atoms with Gasteiger partial charge in [-0.15, -0.1) is 0 Å². The van der Waals surface area contributed by atoms with Gasteiger partial charge in [-0.2, -0.15) is 5.10 Å². The highest BCUT2D eigenvalue weighted by molar-refractivity contribution is 5.83. The van der Waals surface area contributed by atoms with Crippen LogP contribution in [0.2, 0.25) is 0 Å². The third kappa shape index (κ3) is 2.94. The van der Waals surface area contributed by atoms with Crippen LogP contribution in [0.5, 0.6) is 11.5 Å². The van der Waals surface area contributed by atoms with Gasteiger partial charge in [0.05, 0.1) is 23.0 Å². The van der Waals surface area contributed by atoms with E-state index in [-0.39, 0.29) is 17.9 Å². The van der Waals surface area contributed by atoms with E-state index >= 15 is 0 Å².